The van der Waals surface area contributed by atoms with Gasteiger partial charge in [-0.25, -0.2) is 5.11 Å². The van der Waals surface area contributed by atoms with Crippen LogP contribution in [-0.2, 0) is 5.11 Å². The summed E-state index contributed by atoms with van der Waals surface area (Å²) in [5, 5.41) is 10.6. The van der Waals surface area contributed by atoms with Crippen molar-refractivity contribution in [1.82, 2.24) is 0 Å². The summed E-state index contributed by atoms with van der Waals surface area (Å²) >= 11 is 3.29. The molecule has 0 aromatic heterocycles. The summed E-state index contributed by atoms with van der Waals surface area (Å²) in [6, 6.07) is 0. The Balaban J connectivity index is 2.33. The molecule has 41 valence electrons. The number of rotatable bonds is 0. The molecule has 0 heterocycles. The maximum absolute atomic E-state index is 10.6. The van der Waals surface area contributed by atoms with Gasteiger partial charge in [-0.1, -0.05) is 15.9 Å². The second-order valence-electron chi connectivity index (χ2n) is 1.99. The highest BCUT2D eigenvalue weighted by atomic mass is 79.9. The van der Waals surface area contributed by atoms with Crippen molar-refractivity contribution in [2.45, 2.75) is 30.2 Å². The van der Waals surface area contributed by atoms with Crippen LogP contribution < -0.4 is 0 Å². The summed E-state index contributed by atoms with van der Waals surface area (Å²) in [5.74, 6) is 0. The average Bonchev–Trinajstić information content (AvgIpc) is 1.91. The van der Waals surface area contributed by atoms with E-state index in [9.17, 15) is 5.11 Å². The van der Waals surface area contributed by atoms with E-state index in [1.165, 1.54) is 0 Å². The molecular weight excluding hydrogens is 156 g/mol. The van der Waals surface area contributed by atoms with Gasteiger partial charge in [-0.05, 0) is 19.3 Å². The van der Waals surface area contributed by atoms with Crippen LogP contribution in [0.5, 0.6) is 0 Å². The van der Waals surface area contributed by atoms with Gasteiger partial charge < -0.3 is 0 Å². The Morgan fingerprint density at radius 3 is 2.29 bits per heavy atom. The van der Waals surface area contributed by atoms with Gasteiger partial charge in [0.25, 0.3) is 0 Å². The van der Waals surface area contributed by atoms with Gasteiger partial charge in [0.1, 0.15) is 6.10 Å². The fraction of sp³-hybridized carbons (Fsp3) is 1.00. The molecule has 2 heteroatoms. The minimum Gasteiger partial charge on any atom is -0.232 e. The highest BCUT2D eigenvalue weighted by Gasteiger charge is 2.23. The number of hydrogen-bond donors (Lipinski definition) is 0. The van der Waals surface area contributed by atoms with Crippen LogP contribution >= 0.6 is 15.9 Å². The summed E-state index contributed by atoms with van der Waals surface area (Å²) in [4.78, 5) is 0.271. The molecular formula is C5H8BrO. The molecule has 1 rings (SSSR count). The minimum atomic E-state index is -0.319. The van der Waals surface area contributed by atoms with Crippen molar-refractivity contribution in [3.05, 3.63) is 0 Å². The van der Waals surface area contributed by atoms with Crippen LogP contribution in [0.15, 0.2) is 0 Å². The van der Waals surface area contributed by atoms with Crippen molar-refractivity contribution in [2.24, 2.45) is 0 Å². The Hall–Kier alpha value is 0.440. The van der Waals surface area contributed by atoms with Crippen molar-refractivity contribution in [3.8, 4) is 0 Å². The van der Waals surface area contributed by atoms with Crippen LogP contribution in [0.4, 0.5) is 0 Å². The minimum absolute atomic E-state index is 0.271. The smallest absolute Gasteiger partial charge is 0.105 e. The van der Waals surface area contributed by atoms with Gasteiger partial charge in [0.05, 0.1) is 0 Å². The summed E-state index contributed by atoms with van der Waals surface area (Å²) in [5.41, 5.74) is 0. The zero-order valence-corrected chi connectivity index (χ0v) is 5.65. The second-order valence-corrected chi connectivity index (χ2v) is 3.16. The molecule has 2 atom stereocenters. The van der Waals surface area contributed by atoms with Gasteiger partial charge in [-0.2, -0.15) is 0 Å². The molecule has 0 aromatic carbocycles. The van der Waals surface area contributed by atoms with E-state index in [1.807, 2.05) is 0 Å². The highest BCUT2D eigenvalue weighted by molar-refractivity contribution is 9.09. The van der Waals surface area contributed by atoms with Crippen LogP contribution in [0.2, 0.25) is 0 Å². The van der Waals surface area contributed by atoms with E-state index in [2.05, 4.69) is 15.9 Å². The van der Waals surface area contributed by atoms with E-state index in [1.54, 1.807) is 0 Å². The molecule has 1 saturated carbocycles. The number of hydrogen-bond acceptors (Lipinski definition) is 0. The molecule has 0 aliphatic heterocycles. The third-order valence-corrected chi connectivity index (χ3v) is 2.42. The number of alkyl halides is 1. The largest absolute Gasteiger partial charge is 0.232 e. The zero-order valence-electron chi connectivity index (χ0n) is 4.06. The van der Waals surface area contributed by atoms with Gasteiger partial charge >= 0.3 is 0 Å². The normalized spacial score (nSPS) is 42.0. The lowest BCUT2D eigenvalue weighted by Crippen LogP contribution is -2.08. The Morgan fingerprint density at radius 2 is 2.14 bits per heavy atom. The van der Waals surface area contributed by atoms with Crippen molar-refractivity contribution >= 4 is 15.9 Å². The molecule has 2 unspecified atom stereocenters. The van der Waals surface area contributed by atoms with Crippen molar-refractivity contribution in [2.75, 3.05) is 0 Å². The van der Waals surface area contributed by atoms with E-state index in [0.717, 1.165) is 19.3 Å². The molecule has 0 bridgehead atoms. The van der Waals surface area contributed by atoms with E-state index in [-0.39, 0.29) is 10.9 Å². The lowest BCUT2D eigenvalue weighted by Gasteiger charge is -1.98. The van der Waals surface area contributed by atoms with E-state index < -0.39 is 0 Å². The average molecular weight is 164 g/mol. The monoisotopic (exact) mass is 163 g/mol. The SMILES string of the molecule is [O]C1CCCC1Br. The molecule has 0 saturated heterocycles. The summed E-state index contributed by atoms with van der Waals surface area (Å²) < 4.78 is 0. The molecule has 1 radical (unpaired) electrons. The van der Waals surface area contributed by atoms with Crippen LogP contribution in [-0.4, -0.2) is 10.9 Å². The molecule has 0 N–H and O–H groups in total. The first-order chi connectivity index (χ1) is 3.30. The predicted molar refractivity (Wildman–Crippen MR) is 31.0 cm³/mol. The third kappa shape index (κ3) is 1.16. The van der Waals surface area contributed by atoms with Crippen molar-refractivity contribution in [1.29, 1.82) is 0 Å². The Labute approximate surface area is 51.9 Å². The lowest BCUT2D eigenvalue weighted by atomic mass is 10.3. The summed E-state index contributed by atoms with van der Waals surface area (Å²) in [6.45, 7) is 0. The van der Waals surface area contributed by atoms with Gasteiger partial charge in [-0.3, -0.25) is 0 Å². The summed E-state index contributed by atoms with van der Waals surface area (Å²) in [7, 11) is 0. The van der Waals surface area contributed by atoms with E-state index in [4.69, 9.17) is 0 Å². The molecule has 0 spiro atoms. The Bertz CT molecular complexity index is 57.1. The van der Waals surface area contributed by atoms with Crippen LogP contribution in [0.3, 0.4) is 0 Å². The Morgan fingerprint density at radius 1 is 1.43 bits per heavy atom. The molecule has 7 heavy (non-hydrogen) atoms. The first-order valence-corrected chi connectivity index (χ1v) is 3.52. The Kier molecular flexibility index (Phi) is 1.70. The first-order valence-electron chi connectivity index (χ1n) is 2.60. The molecule has 1 aliphatic carbocycles. The molecule has 1 nitrogen and oxygen atoms in total. The molecule has 0 amide bonds. The van der Waals surface area contributed by atoms with Crippen LogP contribution in [0.25, 0.3) is 0 Å². The van der Waals surface area contributed by atoms with Crippen LogP contribution in [0.1, 0.15) is 19.3 Å². The quantitative estimate of drug-likeness (QED) is 0.486. The second kappa shape index (κ2) is 2.14. The fourth-order valence-electron chi connectivity index (χ4n) is 0.881. The summed E-state index contributed by atoms with van der Waals surface area (Å²) in [6.07, 6.45) is 2.74. The molecule has 1 fully saturated rings. The van der Waals surface area contributed by atoms with E-state index >= 15 is 0 Å². The lowest BCUT2D eigenvalue weighted by molar-refractivity contribution is 0.101. The predicted octanol–water partition coefficient (Wildman–Crippen LogP) is 1.73. The van der Waals surface area contributed by atoms with Gasteiger partial charge in [0, 0.05) is 4.83 Å². The maximum Gasteiger partial charge on any atom is 0.105 e. The van der Waals surface area contributed by atoms with Gasteiger partial charge in [0.15, 0.2) is 0 Å². The first kappa shape index (κ1) is 5.57. The van der Waals surface area contributed by atoms with Crippen molar-refractivity contribution in [3.63, 3.8) is 0 Å². The maximum atomic E-state index is 10.6. The van der Waals surface area contributed by atoms with Gasteiger partial charge in [-0.15, -0.1) is 0 Å². The zero-order chi connectivity index (χ0) is 5.28. The highest BCUT2D eigenvalue weighted by Crippen LogP contribution is 2.25. The topological polar surface area (TPSA) is 19.9 Å². The molecule has 1 aliphatic rings. The third-order valence-electron chi connectivity index (χ3n) is 1.37. The fourth-order valence-corrected chi connectivity index (χ4v) is 1.47. The van der Waals surface area contributed by atoms with E-state index in [0.29, 0.717) is 0 Å². The number of halogens is 1. The van der Waals surface area contributed by atoms with Gasteiger partial charge in [0.2, 0.25) is 0 Å². The van der Waals surface area contributed by atoms with Crippen LogP contribution in [0, 0.1) is 0 Å². The standard InChI is InChI=1S/C5H8BrO/c6-4-2-1-3-5(4)7/h4-5H,1-3H2. The molecule has 0 aromatic rings. The van der Waals surface area contributed by atoms with Crippen molar-refractivity contribution < 1.29 is 5.11 Å².